The Morgan fingerprint density at radius 3 is 2.55 bits per heavy atom. The van der Waals surface area contributed by atoms with E-state index in [0.29, 0.717) is 46.4 Å². The molecule has 0 radical (unpaired) electrons. The van der Waals surface area contributed by atoms with Gasteiger partial charge in [-0.05, 0) is 49.7 Å². The molecule has 0 unspecified atom stereocenters. The van der Waals surface area contributed by atoms with Crippen LogP contribution in [-0.4, -0.2) is 64.1 Å². The molecule has 0 aromatic heterocycles. The fraction of sp³-hybridized carbons (Fsp3) is 0.346. The lowest BCUT2D eigenvalue weighted by Crippen LogP contribution is -2.45. The third-order valence-electron chi connectivity index (χ3n) is 5.54. The lowest BCUT2D eigenvalue weighted by atomic mass is 9.95. The van der Waals surface area contributed by atoms with E-state index in [9.17, 15) is 14.7 Å². The largest absolute Gasteiger partial charge is 0.497 e. The normalized spacial score (nSPS) is 15.8. The second-order valence-electron chi connectivity index (χ2n) is 8.02. The van der Waals surface area contributed by atoms with Crippen LogP contribution in [0.2, 0.25) is 0 Å². The zero-order valence-electron chi connectivity index (χ0n) is 21.9. The van der Waals surface area contributed by atoms with Gasteiger partial charge in [0, 0.05) is 11.3 Å². The Balaban J connectivity index is 1.71. The number of carbonyl (C=O) groups excluding carboxylic acids is 2. The van der Waals surface area contributed by atoms with Gasteiger partial charge in [0.1, 0.15) is 18.1 Å². The van der Waals surface area contributed by atoms with Crippen LogP contribution in [0.15, 0.2) is 52.8 Å². The predicted molar refractivity (Wildman–Crippen MR) is 139 cm³/mol. The number of aliphatic hydroxyl groups excluding tert-OH is 1. The summed E-state index contributed by atoms with van der Waals surface area (Å²) in [7, 11) is 4.38. The number of hydrazone groups is 1. The molecule has 1 aliphatic heterocycles. The molecular formula is C26H32N4O8. The maximum Gasteiger partial charge on any atom is 0.337 e. The van der Waals surface area contributed by atoms with Crippen LogP contribution in [0.3, 0.4) is 0 Å². The van der Waals surface area contributed by atoms with E-state index in [-0.39, 0.29) is 12.2 Å². The Morgan fingerprint density at radius 1 is 1.11 bits per heavy atom. The number of nitrogens with zero attached hydrogens (tertiary/aromatic N) is 1. The number of hydrogen-bond acceptors (Lipinski definition) is 10. The van der Waals surface area contributed by atoms with E-state index in [1.54, 1.807) is 57.5 Å². The molecule has 3 rings (SSSR count). The second-order valence-corrected chi connectivity index (χ2v) is 8.02. The first kappa shape index (κ1) is 28.1. The smallest absolute Gasteiger partial charge is 0.337 e. The van der Waals surface area contributed by atoms with Crippen molar-refractivity contribution in [3.8, 4) is 23.0 Å². The van der Waals surface area contributed by atoms with E-state index in [1.807, 2.05) is 6.92 Å². The van der Waals surface area contributed by atoms with E-state index in [0.717, 1.165) is 0 Å². The Morgan fingerprint density at radius 2 is 1.87 bits per heavy atom. The molecule has 0 saturated carbocycles. The maximum absolute atomic E-state index is 12.4. The van der Waals surface area contributed by atoms with Crippen molar-refractivity contribution in [2.45, 2.75) is 26.1 Å². The maximum atomic E-state index is 12.4. The molecule has 2 aromatic rings. The summed E-state index contributed by atoms with van der Waals surface area (Å²) in [4.78, 5) is 24.5. The molecule has 2 aromatic carbocycles. The summed E-state index contributed by atoms with van der Waals surface area (Å²) in [5, 5.41) is 19.7. The summed E-state index contributed by atoms with van der Waals surface area (Å²) in [6, 6.07) is 9.06. The minimum atomic E-state index is -1.14. The number of aliphatic hydroxyl groups is 1. The Labute approximate surface area is 220 Å². The van der Waals surface area contributed by atoms with Crippen molar-refractivity contribution in [2.75, 3.05) is 34.5 Å². The molecule has 1 aliphatic rings. The zero-order chi connectivity index (χ0) is 27.7. The standard InChI is InChI=1S/C26H32N4O8/c1-6-37-21-12-16(24-23(25(32)36-5)15(2)28-26(33)29-24)7-9-20(21)38-14-22(31)30-27-13-17-11-18(34-3)8-10-19(17)35-4/h7-13,22,24,30-31H,6,14H2,1-5H3,(H2,28,29,33)/b27-13+/t22-,24+/m0/s1. The molecule has 0 fully saturated rings. The lowest BCUT2D eigenvalue weighted by molar-refractivity contribution is -0.136. The number of rotatable bonds is 12. The molecule has 2 amide bonds. The average molecular weight is 529 g/mol. The highest BCUT2D eigenvalue weighted by Gasteiger charge is 2.32. The van der Waals surface area contributed by atoms with Gasteiger partial charge in [-0.25, -0.2) is 9.59 Å². The zero-order valence-corrected chi connectivity index (χ0v) is 21.9. The number of nitrogens with one attached hydrogen (secondary N) is 3. The van der Waals surface area contributed by atoms with Crippen LogP contribution < -0.4 is 35.0 Å². The Kier molecular flexibility index (Phi) is 9.77. The summed E-state index contributed by atoms with van der Waals surface area (Å²) in [5.41, 5.74) is 4.50. The molecule has 12 nitrogen and oxygen atoms in total. The van der Waals surface area contributed by atoms with Crippen LogP contribution in [0.25, 0.3) is 0 Å². The highest BCUT2D eigenvalue weighted by Crippen LogP contribution is 2.35. The first-order valence-corrected chi connectivity index (χ1v) is 11.8. The van der Waals surface area contributed by atoms with Gasteiger partial charge in [0.25, 0.3) is 0 Å². The van der Waals surface area contributed by atoms with E-state index in [4.69, 9.17) is 23.7 Å². The van der Waals surface area contributed by atoms with Gasteiger partial charge in [-0.2, -0.15) is 5.10 Å². The molecular weight excluding hydrogens is 496 g/mol. The fourth-order valence-corrected chi connectivity index (χ4v) is 3.76. The van der Waals surface area contributed by atoms with Crippen LogP contribution in [0.4, 0.5) is 4.79 Å². The average Bonchev–Trinajstić information content (AvgIpc) is 2.91. The summed E-state index contributed by atoms with van der Waals surface area (Å²) in [5.74, 6) is 1.39. The van der Waals surface area contributed by atoms with Gasteiger partial charge >= 0.3 is 12.0 Å². The molecule has 2 atom stereocenters. The van der Waals surface area contributed by atoms with Crippen molar-refractivity contribution in [3.63, 3.8) is 0 Å². The van der Waals surface area contributed by atoms with Crippen molar-refractivity contribution in [1.29, 1.82) is 0 Å². The summed E-state index contributed by atoms with van der Waals surface area (Å²) in [6.07, 6.45) is 0.351. The van der Waals surface area contributed by atoms with Crippen LogP contribution >= 0.6 is 0 Å². The molecule has 38 heavy (non-hydrogen) atoms. The number of urea groups is 1. The molecule has 0 aliphatic carbocycles. The molecule has 12 heteroatoms. The lowest BCUT2D eigenvalue weighted by Gasteiger charge is -2.28. The summed E-state index contributed by atoms with van der Waals surface area (Å²) < 4.78 is 26.9. The van der Waals surface area contributed by atoms with Crippen LogP contribution in [0, 0.1) is 0 Å². The van der Waals surface area contributed by atoms with Gasteiger partial charge < -0.3 is 39.4 Å². The number of hydrogen-bond donors (Lipinski definition) is 4. The van der Waals surface area contributed by atoms with E-state index >= 15 is 0 Å². The summed E-state index contributed by atoms with van der Waals surface area (Å²) in [6.45, 7) is 3.62. The van der Waals surface area contributed by atoms with Gasteiger partial charge in [-0.15, -0.1) is 0 Å². The van der Waals surface area contributed by atoms with Crippen molar-refractivity contribution in [2.24, 2.45) is 5.10 Å². The van der Waals surface area contributed by atoms with Crippen molar-refractivity contribution < 1.29 is 38.4 Å². The number of esters is 1. The highest BCUT2D eigenvalue weighted by molar-refractivity contribution is 5.95. The monoisotopic (exact) mass is 528 g/mol. The number of benzene rings is 2. The SMILES string of the molecule is CCOc1cc([C@H]2NC(=O)NC(C)=C2C(=O)OC)ccc1OC[C@H](O)N/N=C/c1cc(OC)ccc1OC. The number of methoxy groups -OCH3 is 3. The summed E-state index contributed by atoms with van der Waals surface area (Å²) >= 11 is 0. The quantitative estimate of drug-likeness (QED) is 0.141. The molecule has 1 heterocycles. The molecule has 4 N–H and O–H groups in total. The number of ether oxygens (including phenoxy) is 5. The van der Waals surface area contributed by atoms with E-state index in [1.165, 1.54) is 13.3 Å². The first-order valence-electron chi connectivity index (χ1n) is 11.8. The Bertz CT molecular complexity index is 1210. The molecule has 0 bridgehead atoms. The van der Waals surface area contributed by atoms with E-state index in [2.05, 4.69) is 21.2 Å². The van der Waals surface area contributed by atoms with E-state index < -0.39 is 24.3 Å². The highest BCUT2D eigenvalue weighted by atomic mass is 16.5. The minimum absolute atomic E-state index is 0.150. The number of carbonyl (C=O) groups is 2. The number of amides is 2. The van der Waals surface area contributed by atoms with Crippen LogP contribution in [-0.2, 0) is 9.53 Å². The molecule has 0 spiro atoms. The minimum Gasteiger partial charge on any atom is -0.497 e. The van der Waals surface area contributed by atoms with Gasteiger partial charge in [-0.1, -0.05) is 6.07 Å². The van der Waals surface area contributed by atoms with Crippen LogP contribution in [0.5, 0.6) is 23.0 Å². The third kappa shape index (κ3) is 6.85. The Hall–Kier alpha value is -4.45. The van der Waals surface area contributed by atoms with Crippen LogP contribution in [0.1, 0.15) is 31.0 Å². The fourth-order valence-electron chi connectivity index (χ4n) is 3.76. The molecule has 0 saturated heterocycles. The van der Waals surface area contributed by atoms with Gasteiger partial charge in [0.2, 0.25) is 0 Å². The molecule has 204 valence electrons. The predicted octanol–water partition coefficient (Wildman–Crippen LogP) is 2.22. The number of allylic oxidation sites excluding steroid dienone is 1. The third-order valence-corrected chi connectivity index (χ3v) is 5.54. The topological polar surface area (TPSA) is 149 Å². The van der Waals surface area contributed by atoms with Crippen molar-refractivity contribution in [3.05, 3.63) is 58.8 Å². The van der Waals surface area contributed by atoms with Gasteiger partial charge in [-0.3, -0.25) is 5.43 Å². The van der Waals surface area contributed by atoms with Gasteiger partial charge in [0.05, 0.1) is 45.8 Å². The second kappa shape index (κ2) is 13.2. The van der Waals surface area contributed by atoms with Crippen molar-refractivity contribution in [1.82, 2.24) is 16.1 Å². The van der Waals surface area contributed by atoms with Gasteiger partial charge in [0.15, 0.2) is 17.7 Å². The first-order chi connectivity index (χ1) is 18.3. The van der Waals surface area contributed by atoms with Crippen molar-refractivity contribution >= 4 is 18.2 Å².